The summed E-state index contributed by atoms with van der Waals surface area (Å²) < 4.78 is 0. The van der Waals surface area contributed by atoms with Crippen LogP contribution in [0.15, 0.2) is 48.7 Å². The van der Waals surface area contributed by atoms with E-state index in [1.54, 1.807) is 0 Å². The summed E-state index contributed by atoms with van der Waals surface area (Å²) in [5.41, 5.74) is 4.90. The van der Waals surface area contributed by atoms with Crippen LogP contribution in [0.5, 0.6) is 0 Å². The highest BCUT2D eigenvalue weighted by atomic mass is 14.7. The molecule has 1 heterocycles. The van der Waals surface area contributed by atoms with E-state index in [0.29, 0.717) is 0 Å². The predicted molar refractivity (Wildman–Crippen MR) is 75.8 cm³/mol. The number of hydrogen-bond donors (Lipinski definition) is 0. The summed E-state index contributed by atoms with van der Waals surface area (Å²) in [7, 11) is 0. The third-order valence-electron chi connectivity index (χ3n) is 2.72. The van der Waals surface area contributed by atoms with Gasteiger partial charge in [0.15, 0.2) is 0 Å². The van der Waals surface area contributed by atoms with Crippen molar-refractivity contribution in [1.82, 2.24) is 4.98 Å². The predicted octanol–water partition coefficient (Wildman–Crippen LogP) is 4.71. The second-order valence-corrected chi connectivity index (χ2v) is 4.35. The molecule has 0 unspecified atom stereocenters. The van der Waals surface area contributed by atoms with Crippen LogP contribution in [0, 0.1) is 6.92 Å². The summed E-state index contributed by atoms with van der Waals surface area (Å²) in [6, 6.07) is 4.17. The lowest BCUT2D eigenvalue weighted by Crippen LogP contribution is -1.84. The van der Waals surface area contributed by atoms with Crippen molar-refractivity contribution in [3.05, 3.63) is 60.0 Å². The summed E-state index contributed by atoms with van der Waals surface area (Å²) in [6.45, 7) is 10.0. The van der Waals surface area contributed by atoms with Crippen molar-refractivity contribution < 1.29 is 0 Å². The van der Waals surface area contributed by atoms with E-state index in [-0.39, 0.29) is 0 Å². The second-order valence-electron chi connectivity index (χ2n) is 4.35. The first kappa shape index (κ1) is 13.4. The molecule has 1 nitrogen and oxygen atoms in total. The fourth-order valence-electron chi connectivity index (χ4n) is 1.57. The second kappa shape index (κ2) is 6.85. The fourth-order valence-corrected chi connectivity index (χ4v) is 1.57. The van der Waals surface area contributed by atoms with Crippen LogP contribution in [0.4, 0.5) is 0 Å². The van der Waals surface area contributed by atoms with Crippen LogP contribution in [0.2, 0.25) is 0 Å². The first-order valence-corrected chi connectivity index (χ1v) is 6.00. The Morgan fingerprint density at radius 2 is 2.06 bits per heavy atom. The largest absolute Gasteiger partial charge is 0.261 e. The molecule has 1 aromatic rings. The minimum absolute atomic E-state index is 0.971. The molecule has 0 aliphatic rings. The molecule has 0 radical (unpaired) electrons. The maximum absolute atomic E-state index is 4.30. The van der Waals surface area contributed by atoms with E-state index in [2.05, 4.69) is 43.6 Å². The van der Waals surface area contributed by atoms with Crippen molar-refractivity contribution in [2.24, 2.45) is 0 Å². The molecule has 90 valence electrons. The van der Waals surface area contributed by atoms with E-state index in [9.17, 15) is 0 Å². The van der Waals surface area contributed by atoms with E-state index < -0.39 is 0 Å². The molecule has 0 saturated carbocycles. The maximum atomic E-state index is 4.30. The van der Waals surface area contributed by atoms with Crippen LogP contribution < -0.4 is 0 Å². The van der Waals surface area contributed by atoms with Gasteiger partial charge in [-0.25, -0.2) is 0 Å². The summed E-state index contributed by atoms with van der Waals surface area (Å²) in [6.07, 6.45) is 10.3. The van der Waals surface area contributed by atoms with Crippen LogP contribution in [-0.2, 0) is 0 Å². The minimum atomic E-state index is 0.971. The molecule has 0 bridgehead atoms. The summed E-state index contributed by atoms with van der Waals surface area (Å²) in [5.74, 6) is 0. The SMILES string of the molecule is C=CC/C(C)=C\CC=C(C)c1ccc(C)nc1. The highest BCUT2D eigenvalue weighted by Gasteiger charge is 1.94. The lowest BCUT2D eigenvalue weighted by atomic mass is 10.1. The van der Waals surface area contributed by atoms with Crippen molar-refractivity contribution in [3.8, 4) is 0 Å². The Morgan fingerprint density at radius 3 is 2.65 bits per heavy atom. The van der Waals surface area contributed by atoms with Gasteiger partial charge in [0.05, 0.1) is 0 Å². The number of rotatable bonds is 5. The summed E-state index contributed by atoms with van der Waals surface area (Å²) in [4.78, 5) is 4.30. The Hall–Kier alpha value is -1.63. The molecule has 0 saturated heterocycles. The van der Waals surface area contributed by atoms with Crippen LogP contribution in [-0.4, -0.2) is 4.98 Å². The molecule has 0 N–H and O–H groups in total. The third-order valence-corrected chi connectivity index (χ3v) is 2.72. The van der Waals surface area contributed by atoms with Gasteiger partial charge in [-0.15, -0.1) is 6.58 Å². The van der Waals surface area contributed by atoms with Crippen molar-refractivity contribution in [1.29, 1.82) is 0 Å². The van der Waals surface area contributed by atoms with Gasteiger partial charge in [0.1, 0.15) is 0 Å². The van der Waals surface area contributed by atoms with Crippen LogP contribution in [0.25, 0.3) is 5.57 Å². The average molecular weight is 227 g/mol. The molecule has 0 aromatic carbocycles. The molecule has 0 aliphatic carbocycles. The van der Waals surface area contributed by atoms with Gasteiger partial charge in [-0.1, -0.05) is 29.9 Å². The van der Waals surface area contributed by atoms with Gasteiger partial charge in [0.25, 0.3) is 0 Å². The number of pyridine rings is 1. The van der Waals surface area contributed by atoms with Gasteiger partial charge in [-0.2, -0.15) is 0 Å². The lowest BCUT2D eigenvalue weighted by molar-refractivity contribution is 1.17. The van der Waals surface area contributed by atoms with Gasteiger partial charge in [-0.05, 0) is 50.8 Å². The molecule has 17 heavy (non-hydrogen) atoms. The smallest absolute Gasteiger partial charge is 0.0373 e. The highest BCUT2D eigenvalue weighted by Crippen LogP contribution is 2.14. The molecule has 0 aliphatic heterocycles. The van der Waals surface area contributed by atoms with Crippen molar-refractivity contribution in [2.75, 3.05) is 0 Å². The molecule has 0 fully saturated rings. The number of hydrogen-bond acceptors (Lipinski definition) is 1. The normalized spacial score (nSPS) is 12.6. The number of aryl methyl sites for hydroxylation is 1. The van der Waals surface area contributed by atoms with E-state index >= 15 is 0 Å². The number of aromatic nitrogens is 1. The molecular formula is C16H21N. The van der Waals surface area contributed by atoms with Gasteiger partial charge in [0.2, 0.25) is 0 Å². The first-order chi connectivity index (χ1) is 8.13. The topological polar surface area (TPSA) is 12.9 Å². The lowest BCUT2D eigenvalue weighted by Gasteiger charge is -2.01. The van der Waals surface area contributed by atoms with E-state index in [1.807, 2.05) is 25.3 Å². The van der Waals surface area contributed by atoms with Gasteiger partial charge < -0.3 is 0 Å². The van der Waals surface area contributed by atoms with Gasteiger partial charge in [-0.3, -0.25) is 4.98 Å². The number of allylic oxidation sites excluding steroid dienone is 5. The maximum Gasteiger partial charge on any atom is 0.0373 e. The summed E-state index contributed by atoms with van der Waals surface area (Å²) in [5, 5.41) is 0. The molecule has 0 amide bonds. The first-order valence-electron chi connectivity index (χ1n) is 6.00. The van der Waals surface area contributed by atoms with Crippen LogP contribution >= 0.6 is 0 Å². The zero-order valence-electron chi connectivity index (χ0n) is 11.0. The van der Waals surface area contributed by atoms with Crippen molar-refractivity contribution in [2.45, 2.75) is 33.6 Å². The quantitative estimate of drug-likeness (QED) is 0.664. The Balaban J connectivity index is 2.63. The van der Waals surface area contributed by atoms with Gasteiger partial charge in [0, 0.05) is 11.9 Å². The Morgan fingerprint density at radius 1 is 1.29 bits per heavy atom. The molecule has 1 heteroatoms. The zero-order chi connectivity index (χ0) is 12.7. The van der Waals surface area contributed by atoms with E-state index in [1.165, 1.54) is 16.7 Å². The minimum Gasteiger partial charge on any atom is -0.261 e. The van der Waals surface area contributed by atoms with E-state index in [0.717, 1.165) is 18.5 Å². The van der Waals surface area contributed by atoms with Crippen LogP contribution in [0.1, 0.15) is 37.9 Å². The van der Waals surface area contributed by atoms with Crippen molar-refractivity contribution >= 4 is 5.57 Å². The average Bonchev–Trinajstić information content (AvgIpc) is 2.30. The van der Waals surface area contributed by atoms with Crippen molar-refractivity contribution in [3.63, 3.8) is 0 Å². The fraction of sp³-hybridized carbons (Fsp3) is 0.312. The Labute approximate surface area is 105 Å². The summed E-state index contributed by atoms with van der Waals surface area (Å²) >= 11 is 0. The molecule has 0 atom stereocenters. The molecule has 1 aromatic heterocycles. The standard InChI is InChI=1S/C16H21N/c1-5-7-13(2)8-6-9-14(3)16-11-10-15(4)17-12-16/h5,8-12H,1,6-7H2,2-4H3/b13-8-,14-9?. The monoisotopic (exact) mass is 227 g/mol. The molecular weight excluding hydrogens is 206 g/mol. The zero-order valence-corrected chi connectivity index (χ0v) is 11.0. The molecule has 0 spiro atoms. The Bertz CT molecular complexity index is 421. The van der Waals surface area contributed by atoms with Gasteiger partial charge >= 0.3 is 0 Å². The highest BCUT2D eigenvalue weighted by molar-refractivity contribution is 5.62. The Kier molecular flexibility index (Phi) is 5.41. The number of nitrogens with zero attached hydrogens (tertiary/aromatic N) is 1. The van der Waals surface area contributed by atoms with E-state index in [4.69, 9.17) is 0 Å². The molecule has 1 rings (SSSR count). The third kappa shape index (κ3) is 4.81. The van der Waals surface area contributed by atoms with Crippen LogP contribution in [0.3, 0.4) is 0 Å².